The summed E-state index contributed by atoms with van der Waals surface area (Å²) in [7, 11) is 0. The summed E-state index contributed by atoms with van der Waals surface area (Å²) in [6.45, 7) is 4.49. The van der Waals surface area contributed by atoms with Crippen molar-refractivity contribution in [1.29, 1.82) is 0 Å². The molecule has 2 aromatic heterocycles. The predicted molar refractivity (Wildman–Crippen MR) is 117 cm³/mol. The molecule has 0 amide bonds. The predicted octanol–water partition coefficient (Wildman–Crippen LogP) is 4.20. The van der Waals surface area contributed by atoms with Crippen LogP contribution in [-0.2, 0) is 6.61 Å². The minimum atomic E-state index is 0.251. The lowest BCUT2D eigenvalue weighted by Gasteiger charge is -2.06. The molecule has 0 aliphatic heterocycles. The lowest BCUT2D eigenvalue weighted by atomic mass is 10.2. The third-order valence-electron chi connectivity index (χ3n) is 4.25. The van der Waals surface area contributed by atoms with Gasteiger partial charge in [0.1, 0.15) is 12.0 Å². The zero-order valence-corrected chi connectivity index (χ0v) is 16.2. The van der Waals surface area contributed by atoms with Crippen molar-refractivity contribution in [2.75, 3.05) is 11.9 Å². The smallest absolute Gasteiger partial charge is 0.232 e. The van der Waals surface area contributed by atoms with E-state index in [4.69, 9.17) is 9.15 Å². The van der Waals surface area contributed by atoms with E-state index in [1.54, 1.807) is 18.6 Å². The number of rotatable bonds is 8. The number of amidine groups is 1. The van der Waals surface area contributed by atoms with Crippen LogP contribution in [0.2, 0.25) is 0 Å². The normalized spacial score (nSPS) is 11.8. The number of nitrogens with one attached hydrogen (secondary N) is 2. The zero-order valence-electron chi connectivity index (χ0n) is 16.2. The van der Waals surface area contributed by atoms with Crippen LogP contribution < -0.4 is 10.1 Å². The van der Waals surface area contributed by atoms with E-state index in [1.165, 1.54) is 6.26 Å². The fourth-order valence-electron chi connectivity index (χ4n) is 2.81. The monoisotopic (exact) mass is 400 g/mol. The summed E-state index contributed by atoms with van der Waals surface area (Å²) >= 11 is 0. The third kappa shape index (κ3) is 4.79. The lowest BCUT2D eigenvalue weighted by Crippen LogP contribution is -2.00. The number of benzene rings is 2. The second-order valence-corrected chi connectivity index (χ2v) is 6.29. The van der Waals surface area contributed by atoms with E-state index in [-0.39, 0.29) is 6.61 Å². The average Bonchev–Trinajstić information content (AvgIpc) is 3.46. The Labute approximate surface area is 173 Å². The molecule has 30 heavy (non-hydrogen) atoms. The quantitative estimate of drug-likeness (QED) is 0.341. The Morgan fingerprint density at radius 3 is 3.10 bits per heavy atom. The Morgan fingerprint density at radius 1 is 1.27 bits per heavy atom. The van der Waals surface area contributed by atoms with Gasteiger partial charge in [0.25, 0.3) is 0 Å². The highest BCUT2D eigenvalue weighted by Gasteiger charge is 2.04. The van der Waals surface area contributed by atoms with E-state index in [1.807, 2.05) is 48.5 Å². The first-order chi connectivity index (χ1) is 14.8. The van der Waals surface area contributed by atoms with Crippen LogP contribution in [0.1, 0.15) is 11.5 Å². The van der Waals surface area contributed by atoms with Crippen LogP contribution in [0.15, 0.2) is 87.8 Å². The summed E-state index contributed by atoms with van der Waals surface area (Å²) in [5.41, 5.74) is 2.82. The van der Waals surface area contributed by atoms with E-state index < -0.39 is 0 Å². The highest BCUT2D eigenvalue weighted by Crippen LogP contribution is 2.17. The number of hydrogen-bond donors (Lipinski definition) is 2. The van der Waals surface area contributed by atoms with Crippen molar-refractivity contribution in [3.05, 3.63) is 84.9 Å². The van der Waals surface area contributed by atoms with Gasteiger partial charge in [0.15, 0.2) is 12.4 Å². The molecule has 4 aromatic rings. The van der Waals surface area contributed by atoms with Crippen LogP contribution in [0.3, 0.4) is 0 Å². The number of H-pyrrole nitrogens is 1. The molecule has 0 saturated heterocycles. The molecule has 0 aliphatic carbocycles. The van der Waals surface area contributed by atoms with Gasteiger partial charge in [-0.1, -0.05) is 12.1 Å². The number of aromatic amines is 1. The minimum absolute atomic E-state index is 0.251. The number of hydrogen-bond acceptors (Lipinski definition) is 6. The molecule has 0 fully saturated rings. The Kier molecular flexibility index (Phi) is 5.95. The van der Waals surface area contributed by atoms with Crippen molar-refractivity contribution in [3.63, 3.8) is 0 Å². The zero-order chi connectivity index (χ0) is 20.6. The van der Waals surface area contributed by atoms with Crippen LogP contribution in [0.4, 0.5) is 5.69 Å². The molecule has 150 valence electrons. The van der Waals surface area contributed by atoms with Gasteiger partial charge in [-0.3, -0.25) is 5.10 Å². The van der Waals surface area contributed by atoms with Gasteiger partial charge in [-0.25, -0.2) is 15.0 Å². The summed E-state index contributed by atoms with van der Waals surface area (Å²) in [5, 5.41) is 11.3. The molecule has 2 heterocycles. The minimum Gasteiger partial charge on any atom is -0.484 e. The topological polar surface area (TPSA) is 101 Å². The van der Waals surface area contributed by atoms with Gasteiger partial charge in [0.05, 0.1) is 17.9 Å². The van der Waals surface area contributed by atoms with Crippen molar-refractivity contribution in [3.8, 4) is 5.75 Å². The summed E-state index contributed by atoms with van der Waals surface area (Å²) in [5.74, 6) is 1.69. The summed E-state index contributed by atoms with van der Waals surface area (Å²) in [6, 6.07) is 13.5. The Morgan fingerprint density at radius 2 is 2.23 bits per heavy atom. The molecule has 2 aromatic carbocycles. The fourth-order valence-corrected chi connectivity index (χ4v) is 2.81. The molecule has 0 radical (unpaired) electrons. The molecular weight excluding hydrogens is 380 g/mol. The molecular formula is C22H20N6O2. The third-order valence-corrected chi connectivity index (χ3v) is 4.25. The molecule has 8 nitrogen and oxygen atoms in total. The van der Waals surface area contributed by atoms with Crippen LogP contribution in [0.25, 0.3) is 10.9 Å². The fraction of sp³-hybridized carbons (Fsp3) is 0.0909. The van der Waals surface area contributed by atoms with Crippen LogP contribution in [0.5, 0.6) is 5.75 Å². The van der Waals surface area contributed by atoms with E-state index in [2.05, 4.69) is 37.2 Å². The maximum Gasteiger partial charge on any atom is 0.232 e. The Bertz CT molecular complexity index is 1180. The van der Waals surface area contributed by atoms with Gasteiger partial charge < -0.3 is 14.5 Å². The molecule has 0 bridgehead atoms. The maximum atomic E-state index is 5.69. The highest BCUT2D eigenvalue weighted by molar-refractivity contribution is 6.02. The first-order valence-electron chi connectivity index (χ1n) is 9.30. The number of aliphatic imine (C=N–C) groups is 2. The molecule has 0 aliphatic rings. The number of anilines is 1. The first-order valence-corrected chi connectivity index (χ1v) is 9.30. The van der Waals surface area contributed by atoms with E-state index in [9.17, 15) is 0 Å². The second-order valence-electron chi connectivity index (χ2n) is 6.29. The van der Waals surface area contributed by atoms with Crippen molar-refractivity contribution in [2.45, 2.75) is 6.61 Å². The van der Waals surface area contributed by atoms with Gasteiger partial charge in [-0.15, -0.1) is 0 Å². The Hall–Kier alpha value is -4.20. The number of aromatic nitrogens is 3. The molecule has 0 spiro atoms. The molecule has 0 atom stereocenters. The molecule has 0 saturated carbocycles. The standard InChI is InChI=1S/C22H20N6O2/c1-23-22(16-4-2-5-19(13-16)30-15-21-25-10-11-29-21)26-9-3-8-24-18-6-7-20-17(12-18)14-27-28-20/h2-7,9-14,24H,1,8,15H2,(H,27,28)/b9-3-,26-22?. The summed E-state index contributed by atoms with van der Waals surface area (Å²) in [6.07, 6.45) is 8.50. The lowest BCUT2D eigenvalue weighted by molar-refractivity contribution is 0.263. The second kappa shape index (κ2) is 9.33. The van der Waals surface area contributed by atoms with Gasteiger partial charge in [-0.05, 0) is 43.1 Å². The number of ether oxygens (including phenoxy) is 1. The van der Waals surface area contributed by atoms with Crippen molar-refractivity contribution in [1.82, 2.24) is 15.2 Å². The van der Waals surface area contributed by atoms with E-state index in [0.29, 0.717) is 24.0 Å². The van der Waals surface area contributed by atoms with Crippen molar-refractivity contribution >= 4 is 29.1 Å². The Balaban J connectivity index is 1.35. The van der Waals surface area contributed by atoms with Gasteiger partial charge in [0, 0.05) is 29.4 Å². The molecule has 4 rings (SSSR count). The molecule has 0 unspecified atom stereocenters. The number of oxazole rings is 1. The highest BCUT2D eigenvalue weighted by atomic mass is 16.5. The van der Waals surface area contributed by atoms with Gasteiger partial charge >= 0.3 is 0 Å². The van der Waals surface area contributed by atoms with Crippen LogP contribution >= 0.6 is 0 Å². The largest absolute Gasteiger partial charge is 0.484 e. The van der Waals surface area contributed by atoms with E-state index >= 15 is 0 Å². The SMILES string of the molecule is C=NC(=N/C=C\CNc1ccc2[nH]ncc2c1)c1cccc(OCc2ncco2)c1. The number of fused-ring (bicyclic) bond motifs is 1. The average molecular weight is 400 g/mol. The van der Waals surface area contributed by atoms with Crippen LogP contribution in [0, 0.1) is 0 Å². The van der Waals surface area contributed by atoms with E-state index in [0.717, 1.165) is 22.2 Å². The number of nitrogens with zero attached hydrogens (tertiary/aromatic N) is 4. The van der Waals surface area contributed by atoms with Crippen molar-refractivity contribution in [2.24, 2.45) is 9.98 Å². The first kappa shape index (κ1) is 19.1. The van der Waals surface area contributed by atoms with Crippen LogP contribution in [-0.4, -0.2) is 34.3 Å². The summed E-state index contributed by atoms with van der Waals surface area (Å²) < 4.78 is 10.9. The van der Waals surface area contributed by atoms with Gasteiger partial charge in [-0.2, -0.15) is 5.10 Å². The summed E-state index contributed by atoms with van der Waals surface area (Å²) in [4.78, 5) is 12.5. The maximum absolute atomic E-state index is 5.69. The molecule has 8 heteroatoms. The van der Waals surface area contributed by atoms with Crippen molar-refractivity contribution < 1.29 is 9.15 Å². The molecule has 2 N–H and O–H groups in total. The van der Waals surface area contributed by atoms with Gasteiger partial charge in [0.2, 0.25) is 5.89 Å².